The van der Waals surface area contributed by atoms with Gasteiger partial charge in [0, 0.05) is 22.8 Å². The van der Waals surface area contributed by atoms with Gasteiger partial charge in [0.05, 0.1) is 36.3 Å². The molecule has 208 valence electrons. The number of carbonyl (C=O) groups excluding carboxylic acids is 1. The number of aromatic nitrogens is 3. The molecule has 2 heterocycles. The Morgan fingerprint density at radius 2 is 1.87 bits per heavy atom. The molecule has 4 rings (SSSR count). The van der Waals surface area contributed by atoms with Gasteiger partial charge in [-0.25, -0.2) is 9.97 Å². The number of benzene rings is 2. The number of carbonyl (C=O) groups is 1. The molecule has 0 radical (unpaired) electrons. The van der Waals surface area contributed by atoms with Gasteiger partial charge in [-0.15, -0.1) is 0 Å². The zero-order valence-corrected chi connectivity index (χ0v) is 23.4. The van der Waals surface area contributed by atoms with Crippen LogP contribution in [0.4, 0.5) is 5.82 Å². The maximum Gasteiger partial charge on any atom is 0.207 e. The first kappa shape index (κ1) is 28.2. The lowest BCUT2D eigenvalue weighted by Gasteiger charge is -2.29. The number of nitrogens with one attached hydrogen (secondary N) is 1. The summed E-state index contributed by atoms with van der Waals surface area (Å²) in [5, 5.41) is 24.4. The number of phenols is 2. The number of fused-ring (bicyclic) bond motifs is 3. The molecule has 0 saturated carbocycles. The number of unbranched alkanes of at least 4 members (excludes halogenated alkanes) is 1. The topological polar surface area (TPSA) is 136 Å². The number of ether oxygens (including phenoxy) is 1. The highest BCUT2D eigenvalue weighted by atomic mass is 16.5. The third-order valence-corrected chi connectivity index (χ3v) is 7.12. The lowest BCUT2D eigenvalue weighted by atomic mass is 9.84. The zero-order valence-electron chi connectivity index (χ0n) is 23.4. The van der Waals surface area contributed by atoms with E-state index < -0.39 is 5.54 Å². The molecule has 2 aromatic heterocycles. The number of nitrogen functional groups attached to an aromatic ring is 1. The minimum atomic E-state index is -0.465. The first-order valence-corrected chi connectivity index (χ1v) is 13.3. The minimum Gasteiger partial charge on any atom is -0.504 e. The Balaban J connectivity index is 1.82. The van der Waals surface area contributed by atoms with E-state index in [0.29, 0.717) is 43.1 Å². The molecule has 0 aliphatic carbocycles. The van der Waals surface area contributed by atoms with Crippen LogP contribution in [0.15, 0.2) is 36.4 Å². The number of amides is 1. The molecule has 0 unspecified atom stereocenters. The predicted molar refractivity (Wildman–Crippen MR) is 154 cm³/mol. The quantitative estimate of drug-likeness (QED) is 0.152. The van der Waals surface area contributed by atoms with Gasteiger partial charge in [-0.1, -0.05) is 45.4 Å². The van der Waals surface area contributed by atoms with Gasteiger partial charge in [-0.3, -0.25) is 4.79 Å². The molecule has 0 spiro atoms. The number of rotatable bonds is 12. The summed E-state index contributed by atoms with van der Waals surface area (Å²) >= 11 is 0. The molecule has 0 aliphatic heterocycles. The summed E-state index contributed by atoms with van der Waals surface area (Å²) < 4.78 is 8.12. The van der Waals surface area contributed by atoms with Crippen LogP contribution in [0.3, 0.4) is 0 Å². The van der Waals surface area contributed by atoms with E-state index in [9.17, 15) is 15.0 Å². The van der Waals surface area contributed by atoms with Crippen LogP contribution in [0, 0.1) is 0 Å². The Kier molecular flexibility index (Phi) is 8.02. The van der Waals surface area contributed by atoms with Gasteiger partial charge in [-0.05, 0) is 44.0 Å². The molecule has 5 N–H and O–H groups in total. The fourth-order valence-electron chi connectivity index (χ4n) is 4.80. The first-order chi connectivity index (χ1) is 18.5. The number of nitrogens with two attached hydrogens (primary N) is 1. The van der Waals surface area contributed by atoms with Crippen LogP contribution in [0.25, 0.3) is 21.9 Å². The van der Waals surface area contributed by atoms with E-state index in [-0.39, 0.29) is 16.9 Å². The molecule has 0 fully saturated rings. The fourth-order valence-corrected chi connectivity index (χ4v) is 4.80. The van der Waals surface area contributed by atoms with Crippen molar-refractivity contribution in [2.75, 3.05) is 18.9 Å². The van der Waals surface area contributed by atoms with Gasteiger partial charge in [-0.2, -0.15) is 0 Å². The van der Waals surface area contributed by atoms with E-state index in [1.54, 1.807) is 12.1 Å². The molecule has 0 aliphatic rings. The summed E-state index contributed by atoms with van der Waals surface area (Å²) in [4.78, 5) is 20.4. The maximum absolute atomic E-state index is 10.9. The van der Waals surface area contributed by atoms with Gasteiger partial charge >= 0.3 is 0 Å². The zero-order chi connectivity index (χ0) is 28.4. The Morgan fingerprint density at radius 3 is 2.59 bits per heavy atom. The molecule has 1 amide bonds. The number of anilines is 1. The summed E-state index contributed by atoms with van der Waals surface area (Å²) in [5.74, 6) is 0.912. The van der Waals surface area contributed by atoms with Crippen molar-refractivity contribution in [1.29, 1.82) is 0 Å². The molecule has 2 aromatic carbocycles. The largest absolute Gasteiger partial charge is 0.504 e. The smallest absolute Gasteiger partial charge is 0.207 e. The summed E-state index contributed by atoms with van der Waals surface area (Å²) in [5.41, 5.74) is 9.49. The van der Waals surface area contributed by atoms with Crippen LogP contribution < -0.4 is 11.1 Å². The van der Waals surface area contributed by atoms with Crippen molar-refractivity contribution in [3.63, 3.8) is 0 Å². The number of aryl methyl sites for hydroxylation is 1. The van der Waals surface area contributed by atoms with Crippen molar-refractivity contribution in [3.05, 3.63) is 53.3 Å². The number of imidazole rings is 1. The van der Waals surface area contributed by atoms with Crippen molar-refractivity contribution in [2.24, 2.45) is 0 Å². The van der Waals surface area contributed by atoms with Gasteiger partial charge in [0.25, 0.3) is 0 Å². The Bertz CT molecular complexity index is 1490. The van der Waals surface area contributed by atoms with Gasteiger partial charge in [0.2, 0.25) is 6.41 Å². The maximum atomic E-state index is 10.9. The molecule has 0 atom stereocenters. The van der Waals surface area contributed by atoms with Crippen LogP contribution in [-0.2, 0) is 27.9 Å². The predicted octanol–water partition coefficient (Wildman–Crippen LogP) is 4.79. The summed E-state index contributed by atoms with van der Waals surface area (Å²) in [6.45, 7) is 11.3. The Labute approximate surface area is 229 Å². The monoisotopic (exact) mass is 533 g/mol. The number of aromatic hydroxyl groups is 2. The van der Waals surface area contributed by atoms with Crippen molar-refractivity contribution < 1.29 is 19.7 Å². The van der Waals surface area contributed by atoms with Crippen LogP contribution in [0.1, 0.15) is 64.4 Å². The van der Waals surface area contributed by atoms with E-state index >= 15 is 0 Å². The second-order valence-electron chi connectivity index (χ2n) is 11.5. The second-order valence-corrected chi connectivity index (χ2v) is 11.5. The summed E-state index contributed by atoms with van der Waals surface area (Å²) in [6.07, 6.45) is 3.39. The normalized spacial score (nSPS) is 12.3. The molecular formula is C30H39N5O4. The highest BCUT2D eigenvalue weighted by molar-refractivity contribution is 6.07. The van der Waals surface area contributed by atoms with E-state index in [1.807, 2.05) is 26.0 Å². The summed E-state index contributed by atoms with van der Waals surface area (Å²) in [7, 11) is 0. The number of nitrogens with zero attached hydrogens (tertiary/aromatic N) is 3. The second kappa shape index (κ2) is 11.1. The van der Waals surface area contributed by atoms with Crippen molar-refractivity contribution in [2.45, 2.75) is 71.4 Å². The minimum absolute atomic E-state index is 0.141. The number of hydrogen-bond acceptors (Lipinski definition) is 7. The van der Waals surface area contributed by atoms with Crippen molar-refractivity contribution >= 4 is 34.2 Å². The third kappa shape index (κ3) is 5.93. The molecular weight excluding hydrogens is 494 g/mol. The highest BCUT2D eigenvalue weighted by Gasteiger charge is 2.26. The van der Waals surface area contributed by atoms with Crippen LogP contribution in [0.5, 0.6) is 11.5 Å². The van der Waals surface area contributed by atoms with Crippen molar-refractivity contribution in [3.8, 4) is 11.5 Å². The molecule has 4 aromatic rings. The van der Waals surface area contributed by atoms with Crippen molar-refractivity contribution in [1.82, 2.24) is 19.9 Å². The SMILES string of the molecule is CCCCc1nc2c(N)nc3ccc(C(C)(C)COCC(C)(C)NC=O)cc3c2n1Cc1cccc(O)c1O. The van der Waals surface area contributed by atoms with Crippen LogP contribution in [-0.4, -0.2) is 49.9 Å². The Hall–Kier alpha value is -3.85. The van der Waals surface area contributed by atoms with E-state index in [0.717, 1.165) is 47.1 Å². The average Bonchev–Trinajstić information content (AvgIpc) is 3.24. The third-order valence-electron chi connectivity index (χ3n) is 7.12. The molecule has 0 bridgehead atoms. The van der Waals surface area contributed by atoms with Gasteiger partial charge in [0.1, 0.15) is 11.3 Å². The highest BCUT2D eigenvalue weighted by Crippen LogP contribution is 2.35. The lowest BCUT2D eigenvalue weighted by Crippen LogP contribution is -2.43. The number of para-hydroxylation sites is 1. The standard InChI is InChI=1S/C30H39N5O4/c1-6-7-11-24-34-25-26(35(24)15-19-9-8-10-23(37)27(19)38)21-14-20(12-13-22(21)33-28(25)31)29(2,3)16-39-17-30(4,5)32-18-36/h8-10,12-14,18,37-38H,6-7,11,15-17H2,1-5H3,(H2,31,33)(H,32,36). The first-order valence-electron chi connectivity index (χ1n) is 13.3. The summed E-state index contributed by atoms with van der Waals surface area (Å²) in [6, 6.07) is 11.1. The molecule has 0 saturated heterocycles. The molecule has 9 nitrogen and oxygen atoms in total. The Morgan fingerprint density at radius 1 is 1.10 bits per heavy atom. The van der Waals surface area contributed by atoms with Crippen LogP contribution in [0.2, 0.25) is 0 Å². The fraction of sp³-hybridized carbons (Fsp3) is 0.433. The van der Waals surface area contributed by atoms with Gasteiger partial charge in [0.15, 0.2) is 17.3 Å². The lowest BCUT2D eigenvalue weighted by molar-refractivity contribution is -0.111. The van der Waals surface area contributed by atoms with E-state index in [1.165, 1.54) is 6.07 Å². The van der Waals surface area contributed by atoms with Gasteiger partial charge < -0.3 is 30.6 Å². The number of hydrogen-bond donors (Lipinski definition) is 4. The van der Waals surface area contributed by atoms with Crippen LogP contribution >= 0.6 is 0 Å². The van der Waals surface area contributed by atoms with E-state index in [4.69, 9.17) is 15.5 Å². The number of phenolic OH excluding ortho intramolecular Hbond substituents is 2. The van der Waals surface area contributed by atoms with E-state index in [2.05, 4.69) is 41.7 Å². The average molecular weight is 534 g/mol. The number of pyridine rings is 1. The molecule has 9 heteroatoms. The molecule has 39 heavy (non-hydrogen) atoms.